The molecular formula is C19H18N4O3. The molecule has 7 nitrogen and oxygen atoms in total. The molecule has 7 heteroatoms. The molecule has 1 amide bonds. The Morgan fingerprint density at radius 1 is 1.00 bits per heavy atom. The van der Waals surface area contributed by atoms with Crippen molar-refractivity contribution in [2.24, 2.45) is 0 Å². The zero-order valence-electron chi connectivity index (χ0n) is 14.7. The van der Waals surface area contributed by atoms with Gasteiger partial charge in [-0.2, -0.15) is 0 Å². The van der Waals surface area contributed by atoms with Gasteiger partial charge >= 0.3 is 0 Å². The molecule has 0 fully saturated rings. The highest BCUT2D eigenvalue weighted by molar-refractivity contribution is 6.10. The Balaban J connectivity index is 1.72. The maximum Gasteiger partial charge on any atom is 0.276 e. The molecule has 1 aliphatic heterocycles. The first-order valence-corrected chi connectivity index (χ1v) is 8.27. The van der Waals surface area contributed by atoms with E-state index in [1.165, 1.54) is 0 Å². The Labute approximate surface area is 150 Å². The molecule has 1 atom stereocenters. The van der Waals surface area contributed by atoms with Crippen molar-refractivity contribution in [3.63, 3.8) is 0 Å². The fraction of sp³-hybridized carbons (Fsp3) is 0.211. The van der Waals surface area contributed by atoms with Gasteiger partial charge in [0.2, 0.25) is 0 Å². The van der Waals surface area contributed by atoms with E-state index >= 15 is 0 Å². The van der Waals surface area contributed by atoms with Gasteiger partial charge in [0.25, 0.3) is 5.91 Å². The lowest BCUT2D eigenvalue weighted by Gasteiger charge is -2.22. The van der Waals surface area contributed by atoms with Crippen LogP contribution in [0.1, 0.15) is 28.7 Å². The third-order valence-corrected chi connectivity index (χ3v) is 4.22. The molecule has 132 valence electrons. The van der Waals surface area contributed by atoms with Gasteiger partial charge < -0.3 is 14.4 Å². The Kier molecular flexibility index (Phi) is 3.84. The number of hydrogen-bond acceptors (Lipinski definition) is 6. The van der Waals surface area contributed by atoms with Crippen LogP contribution in [0.2, 0.25) is 0 Å². The standard InChI is InChI=1S/C19H18N4O3/c1-11-4-6-14(7-5-11)16-10-15(20-17-8-12(2)25-21-17)19(24)23(16)18-9-13(3)26-22-18/h4-10,16H,1-3H3,(H,20,21). The van der Waals surface area contributed by atoms with Gasteiger partial charge in [0.05, 0.1) is 6.04 Å². The molecule has 0 aliphatic carbocycles. The lowest BCUT2D eigenvalue weighted by atomic mass is 10.0. The summed E-state index contributed by atoms with van der Waals surface area (Å²) in [5.41, 5.74) is 2.56. The first-order chi connectivity index (χ1) is 12.5. The summed E-state index contributed by atoms with van der Waals surface area (Å²) in [7, 11) is 0. The number of hydrogen-bond donors (Lipinski definition) is 1. The number of aryl methyl sites for hydroxylation is 3. The Bertz CT molecular complexity index is 984. The lowest BCUT2D eigenvalue weighted by molar-refractivity contribution is -0.114. The SMILES string of the molecule is Cc1ccc(C2C=C(Nc3cc(C)on3)C(=O)N2c2cc(C)on2)cc1. The lowest BCUT2D eigenvalue weighted by Crippen LogP contribution is -2.31. The van der Waals surface area contributed by atoms with Crippen molar-refractivity contribution in [1.82, 2.24) is 10.3 Å². The van der Waals surface area contributed by atoms with E-state index in [1.807, 2.05) is 37.3 Å². The smallest absolute Gasteiger partial charge is 0.276 e. The first kappa shape index (κ1) is 16.1. The zero-order chi connectivity index (χ0) is 18.3. The van der Waals surface area contributed by atoms with Gasteiger partial charge in [0, 0.05) is 12.1 Å². The number of nitrogens with zero attached hydrogens (tertiary/aromatic N) is 3. The zero-order valence-corrected chi connectivity index (χ0v) is 14.7. The van der Waals surface area contributed by atoms with E-state index < -0.39 is 0 Å². The number of benzene rings is 1. The van der Waals surface area contributed by atoms with Crippen molar-refractivity contribution in [1.29, 1.82) is 0 Å². The van der Waals surface area contributed by atoms with Crippen molar-refractivity contribution in [2.75, 3.05) is 10.2 Å². The van der Waals surface area contributed by atoms with Crippen molar-refractivity contribution >= 4 is 17.5 Å². The largest absolute Gasteiger partial charge is 0.360 e. The normalized spacial score (nSPS) is 16.9. The summed E-state index contributed by atoms with van der Waals surface area (Å²) < 4.78 is 10.2. The molecule has 2 aromatic heterocycles. The Morgan fingerprint density at radius 2 is 1.69 bits per heavy atom. The molecule has 1 aromatic carbocycles. The third-order valence-electron chi connectivity index (χ3n) is 4.22. The average molecular weight is 350 g/mol. The molecule has 0 spiro atoms. The summed E-state index contributed by atoms with van der Waals surface area (Å²) in [6.45, 7) is 5.61. The van der Waals surface area contributed by atoms with Crippen molar-refractivity contribution in [2.45, 2.75) is 26.8 Å². The van der Waals surface area contributed by atoms with Gasteiger partial charge in [-0.15, -0.1) is 0 Å². The van der Waals surface area contributed by atoms with E-state index in [2.05, 4.69) is 15.6 Å². The number of nitrogens with one attached hydrogen (secondary N) is 1. The van der Waals surface area contributed by atoms with E-state index in [1.54, 1.807) is 30.9 Å². The highest BCUT2D eigenvalue weighted by atomic mass is 16.5. The van der Waals surface area contributed by atoms with Crippen LogP contribution in [0, 0.1) is 20.8 Å². The van der Waals surface area contributed by atoms with Crippen LogP contribution < -0.4 is 10.2 Å². The summed E-state index contributed by atoms with van der Waals surface area (Å²) in [4.78, 5) is 14.6. The second-order valence-corrected chi connectivity index (χ2v) is 6.35. The van der Waals surface area contributed by atoms with Gasteiger partial charge in [0.1, 0.15) is 17.2 Å². The molecule has 3 heterocycles. The molecule has 1 aliphatic rings. The summed E-state index contributed by atoms with van der Waals surface area (Å²) in [6, 6.07) is 11.2. The van der Waals surface area contributed by atoms with Gasteiger partial charge in [0.15, 0.2) is 11.6 Å². The number of carbonyl (C=O) groups is 1. The van der Waals surface area contributed by atoms with Gasteiger partial charge in [-0.05, 0) is 32.4 Å². The maximum absolute atomic E-state index is 13.0. The topological polar surface area (TPSA) is 84.4 Å². The van der Waals surface area contributed by atoms with Gasteiger partial charge in [-0.1, -0.05) is 40.1 Å². The van der Waals surface area contributed by atoms with E-state index in [0.717, 1.165) is 11.1 Å². The Hall–Kier alpha value is -3.35. The molecule has 0 saturated carbocycles. The molecule has 26 heavy (non-hydrogen) atoms. The molecule has 0 radical (unpaired) electrons. The van der Waals surface area contributed by atoms with E-state index in [-0.39, 0.29) is 11.9 Å². The first-order valence-electron chi connectivity index (χ1n) is 8.27. The monoisotopic (exact) mass is 350 g/mol. The minimum Gasteiger partial charge on any atom is -0.360 e. The van der Waals surface area contributed by atoms with Crippen molar-refractivity contribution in [3.8, 4) is 0 Å². The van der Waals surface area contributed by atoms with Crippen LogP contribution in [0.3, 0.4) is 0 Å². The quantitative estimate of drug-likeness (QED) is 0.773. The minimum absolute atomic E-state index is 0.204. The summed E-state index contributed by atoms with van der Waals surface area (Å²) in [6.07, 6.45) is 1.86. The number of aromatic nitrogens is 2. The fourth-order valence-electron chi connectivity index (χ4n) is 2.94. The molecule has 0 bridgehead atoms. The average Bonchev–Trinajstić information content (AvgIpc) is 3.29. The predicted octanol–water partition coefficient (Wildman–Crippen LogP) is 3.67. The van der Waals surface area contributed by atoms with Gasteiger partial charge in [-0.25, -0.2) is 0 Å². The van der Waals surface area contributed by atoms with E-state index in [4.69, 9.17) is 9.05 Å². The van der Waals surface area contributed by atoms with Crippen LogP contribution >= 0.6 is 0 Å². The van der Waals surface area contributed by atoms with Crippen molar-refractivity contribution in [3.05, 3.63) is 70.8 Å². The predicted molar refractivity (Wildman–Crippen MR) is 95.6 cm³/mol. The highest BCUT2D eigenvalue weighted by Crippen LogP contribution is 2.35. The van der Waals surface area contributed by atoms with Crippen LogP contribution in [0.25, 0.3) is 0 Å². The Morgan fingerprint density at radius 3 is 2.31 bits per heavy atom. The fourth-order valence-corrected chi connectivity index (χ4v) is 2.94. The molecule has 4 rings (SSSR count). The van der Waals surface area contributed by atoms with Crippen LogP contribution in [0.5, 0.6) is 0 Å². The number of rotatable bonds is 4. The minimum atomic E-state index is -0.289. The number of anilines is 2. The second-order valence-electron chi connectivity index (χ2n) is 6.35. The van der Waals surface area contributed by atoms with Crippen LogP contribution in [-0.4, -0.2) is 16.2 Å². The van der Waals surface area contributed by atoms with Crippen LogP contribution in [0.4, 0.5) is 11.6 Å². The highest BCUT2D eigenvalue weighted by Gasteiger charge is 2.36. The summed E-state index contributed by atoms with van der Waals surface area (Å²) in [5.74, 6) is 2.07. The molecular weight excluding hydrogens is 332 g/mol. The summed E-state index contributed by atoms with van der Waals surface area (Å²) in [5, 5.41) is 11.0. The third kappa shape index (κ3) is 2.88. The molecule has 1 unspecified atom stereocenters. The molecule has 3 aromatic rings. The van der Waals surface area contributed by atoms with Crippen LogP contribution in [-0.2, 0) is 4.79 Å². The molecule has 0 saturated heterocycles. The number of carbonyl (C=O) groups excluding carboxylic acids is 1. The van der Waals surface area contributed by atoms with Crippen molar-refractivity contribution < 1.29 is 13.8 Å². The van der Waals surface area contributed by atoms with E-state index in [9.17, 15) is 4.79 Å². The van der Waals surface area contributed by atoms with Crippen LogP contribution in [0.15, 0.2) is 57.2 Å². The number of amides is 1. The summed E-state index contributed by atoms with van der Waals surface area (Å²) >= 11 is 0. The molecule has 1 N–H and O–H groups in total. The second kappa shape index (κ2) is 6.18. The van der Waals surface area contributed by atoms with E-state index in [0.29, 0.717) is 28.9 Å². The van der Waals surface area contributed by atoms with Gasteiger partial charge in [-0.3, -0.25) is 9.69 Å². The maximum atomic E-state index is 13.0.